The first-order valence-electron chi connectivity index (χ1n) is 7.33. The number of hydrogen-bond acceptors (Lipinski definition) is 4. The predicted octanol–water partition coefficient (Wildman–Crippen LogP) is 3.33. The summed E-state index contributed by atoms with van der Waals surface area (Å²) < 4.78 is 11.9. The molecule has 2 rings (SSSR count). The summed E-state index contributed by atoms with van der Waals surface area (Å²) in [5, 5.41) is 3.43. The monoisotopic (exact) mass is 295 g/mol. The Bertz CT molecular complexity index is 411. The number of hydrogen-bond donors (Lipinski definition) is 1. The van der Waals surface area contributed by atoms with Crippen molar-refractivity contribution in [3.05, 3.63) is 24.3 Å². The van der Waals surface area contributed by atoms with Gasteiger partial charge in [-0.15, -0.1) is 11.8 Å². The fraction of sp³-hybridized carbons (Fsp3) is 0.625. The lowest BCUT2D eigenvalue weighted by Crippen LogP contribution is -2.32. The number of rotatable bonds is 7. The van der Waals surface area contributed by atoms with Gasteiger partial charge in [0.05, 0.1) is 12.2 Å². The summed E-state index contributed by atoms with van der Waals surface area (Å²) in [4.78, 5) is 1.18. The van der Waals surface area contributed by atoms with E-state index in [4.69, 9.17) is 9.47 Å². The Morgan fingerprint density at radius 3 is 2.80 bits per heavy atom. The third-order valence-corrected chi connectivity index (χ3v) is 4.22. The van der Waals surface area contributed by atoms with Crippen LogP contribution in [0.3, 0.4) is 0 Å². The standard InChI is InChI=1S/C16H25NO2S/c1-12(2)17-10-13-8-9-14(19-13)11-18-15-6-4-5-7-16(15)20-3/h4-7,12-14,17H,8-11H2,1-3H3. The maximum Gasteiger partial charge on any atom is 0.132 e. The van der Waals surface area contributed by atoms with Gasteiger partial charge < -0.3 is 14.8 Å². The van der Waals surface area contributed by atoms with Gasteiger partial charge in [-0.3, -0.25) is 0 Å². The first-order chi connectivity index (χ1) is 9.69. The predicted molar refractivity (Wildman–Crippen MR) is 84.8 cm³/mol. The van der Waals surface area contributed by atoms with Crippen molar-refractivity contribution in [2.24, 2.45) is 0 Å². The van der Waals surface area contributed by atoms with Gasteiger partial charge in [-0.1, -0.05) is 26.0 Å². The smallest absolute Gasteiger partial charge is 0.132 e. The van der Waals surface area contributed by atoms with Crippen LogP contribution >= 0.6 is 11.8 Å². The van der Waals surface area contributed by atoms with Gasteiger partial charge >= 0.3 is 0 Å². The van der Waals surface area contributed by atoms with Crippen LogP contribution < -0.4 is 10.1 Å². The number of benzene rings is 1. The van der Waals surface area contributed by atoms with Crippen molar-refractivity contribution < 1.29 is 9.47 Å². The Balaban J connectivity index is 1.75. The van der Waals surface area contributed by atoms with Crippen LogP contribution in [0.5, 0.6) is 5.75 Å². The molecule has 112 valence electrons. The average Bonchev–Trinajstić information content (AvgIpc) is 2.91. The molecule has 0 amide bonds. The Morgan fingerprint density at radius 1 is 1.30 bits per heavy atom. The van der Waals surface area contributed by atoms with Gasteiger partial charge in [-0.2, -0.15) is 0 Å². The van der Waals surface area contributed by atoms with Crippen molar-refractivity contribution in [2.75, 3.05) is 19.4 Å². The molecule has 1 aliphatic heterocycles. The highest BCUT2D eigenvalue weighted by molar-refractivity contribution is 7.98. The van der Waals surface area contributed by atoms with Crippen molar-refractivity contribution >= 4 is 11.8 Å². The van der Waals surface area contributed by atoms with Crippen molar-refractivity contribution in [1.29, 1.82) is 0 Å². The molecule has 1 aromatic rings. The van der Waals surface area contributed by atoms with Crippen molar-refractivity contribution in [1.82, 2.24) is 5.32 Å². The third-order valence-electron chi connectivity index (χ3n) is 3.44. The number of nitrogens with one attached hydrogen (secondary N) is 1. The van der Waals surface area contributed by atoms with E-state index in [2.05, 4.69) is 31.5 Å². The third kappa shape index (κ3) is 4.69. The van der Waals surface area contributed by atoms with Gasteiger partial charge in [0.2, 0.25) is 0 Å². The summed E-state index contributed by atoms with van der Waals surface area (Å²) in [6.45, 7) is 5.91. The lowest BCUT2D eigenvalue weighted by molar-refractivity contribution is 0.0173. The van der Waals surface area contributed by atoms with Gasteiger partial charge in [-0.25, -0.2) is 0 Å². The Kier molecular flexibility index (Phi) is 6.20. The fourth-order valence-corrected chi connectivity index (χ4v) is 2.88. The van der Waals surface area contributed by atoms with Gasteiger partial charge in [0.25, 0.3) is 0 Å². The summed E-state index contributed by atoms with van der Waals surface area (Å²) in [5.74, 6) is 0.965. The van der Waals surface area contributed by atoms with E-state index in [1.165, 1.54) is 4.90 Å². The lowest BCUT2D eigenvalue weighted by Gasteiger charge is -2.17. The van der Waals surface area contributed by atoms with E-state index in [1.807, 2.05) is 18.2 Å². The van der Waals surface area contributed by atoms with Crippen LogP contribution in [-0.2, 0) is 4.74 Å². The zero-order chi connectivity index (χ0) is 14.4. The maximum atomic E-state index is 6.01. The van der Waals surface area contributed by atoms with Crippen LogP contribution in [-0.4, -0.2) is 37.7 Å². The molecule has 1 N–H and O–H groups in total. The first-order valence-corrected chi connectivity index (χ1v) is 8.56. The van der Waals surface area contributed by atoms with Crippen LogP contribution in [0.1, 0.15) is 26.7 Å². The van der Waals surface area contributed by atoms with Crippen molar-refractivity contribution in [3.63, 3.8) is 0 Å². The Labute approximate surface area is 126 Å². The minimum absolute atomic E-state index is 0.226. The fourth-order valence-electron chi connectivity index (χ4n) is 2.34. The molecule has 1 aromatic carbocycles. The highest BCUT2D eigenvalue weighted by atomic mass is 32.2. The van der Waals surface area contributed by atoms with E-state index in [9.17, 15) is 0 Å². The second kappa shape index (κ2) is 7.91. The van der Waals surface area contributed by atoms with Crippen molar-refractivity contribution in [2.45, 2.75) is 49.8 Å². The van der Waals surface area contributed by atoms with Gasteiger partial charge in [0, 0.05) is 17.5 Å². The largest absolute Gasteiger partial charge is 0.490 e. The van der Waals surface area contributed by atoms with Crippen LogP contribution in [0.4, 0.5) is 0 Å². The Hall–Kier alpha value is -0.710. The summed E-state index contributed by atoms with van der Waals surface area (Å²) in [6, 6.07) is 8.68. The SMILES string of the molecule is CSc1ccccc1OCC1CCC(CNC(C)C)O1. The van der Waals surface area contributed by atoms with Crippen LogP contribution in [0.15, 0.2) is 29.2 Å². The molecule has 0 spiro atoms. The van der Waals surface area contributed by atoms with Crippen molar-refractivity contribution in [3.8, 4) is 5.75 Å². The summed E-state index contributed by atoms with van der Waals surface area (Å²) in [7, 11) is 0. The molecule has 2 unspecified atom stereocenters. The number of ether oxygens (including phenoxy) is 2. The second-order valence-electron chi connectivity index (χ2n) is 5.48. The minimum Gasteiger partial charge on any atom is -0.490 e. The number of thioether (sulfide) groups is 1. The van der Waals surface area contributed by atoms with Gasteiger partial charge in [0.1, 0.15) is 12.4 Å². The number of para-hydroxylation sites is 1. The molecule has 3 nitrogen and oxygen atoms in total. The molecule has 1 fully saturated rings. The molecule has 0 bridgehead atoms. The minimum atomic E-state index is 0.226. The molecule has 2 atom stereocenters. The molecule has 0 aromatic heterocycles. The van der Waals surface area contributed by atoms with Crippen LogP contribution in [0.2, 0.25) is 0 Å². The summed E-state index contributed by atoms with van der Waals surface area (Å²) in [5.41, 5.74) is 0. The zero-order valence-corrected chi connectivity index (χ0v) is 13.4. The molecule has 20 heavy (non-hydrogen) atoms. The first kappa shape index (κ1) is 15.7. The molecular formula is C16H25NO2S. The molecule has 1 saturated heterocycles. The molecule has 0 saturated carbocycles. The molecule has 1 aliphatic rings. The van der Waals surface area contributed by atoms with E-state index < -0.39 is 0 Å². The second-order valence-corrected chi connectivity index (χ2v) is 6.33. The van der Waals surface area contributed by atoms with E-state index in [0.717, 1.165) is 25.1 Å². The highest BCUT2D eigenvalue weighted by Crippen LogP contribution is 2.28. The molecular weight excluding hydrogens is 270 g/mol. The highest BCUT2D eigenvalue weighted by Gasteiger charge is 2.25. The van der Waals surface area contributed by atoms with Crippen LogP contribution in [0, 0.1) is 0 Å². The molecule has 1 heterocycles. The van der Waals surface area contributed by atoms with E-state index >= 15 is 0 Å². The molecule has 0 aliphatic carbocycles. The van der Waals surface area contributed by atoms with E-state index in [-0.39, 0.29) is 6.10 Å². The lowest BCUT2D eigenvalue weighted by atomic mass is 10.2. The van der Waals surface area contributed by atoms with Gasteiger partial charge in [-0.05, 0) is 31.2 Å². The quantitative estimate of drug-likeness (QED) is 0.782. The summed E-state index contributed by atoms with van der Waals surface area (Å²) >= 11 is 1.71. The van der Waals surface area contributed by atoms with Gasteiger partial charge in [0.15, 0.2) is 0 Å². The Morgan fingerprint density at radius 2 is 2.05 bits per heavy atom. The maximum absolute atomic E-state index is 6.01. The topological polar surface area (TPSA) is 30.5 Å². The molecule has 0 radical (unpaired) electrons. The van der Waals surface area contributed by atoms with E-state index in [0.29, 0.717) is 18.8 Å². The summed E-state index contributed by atoms with van der Waals surface area (Å²) in [6.07, 6.45) is 4.84. The average molecular weight is 295 g/mol. The zero-order valence-electron chi connectivity index (χ0n) is 12.6. The van der Waals surface area contributed by atoms with E-state index in [1.54, 1.807) is 11.8 Å². The molecule has 4 heteroatoms. The van der Waals surface area contributed by atoms with Crippen LogP contribution in [0.25, 0.3) is 0 Å². The normalized spacial score (nSPS) is 22.4.